The number of hydrogen-bond acceptors (Lipinski definition) is 2. The topological polar surface area (TPSA) is 29.5 Å². The Balaban J connectivity index is 2.29. The lowest BCUT2D eigenvalue weighted by atomic mass is 9.84. The normalized spacial score (nSPS) is 23.4. The van der Waals surface area contributed by atoms with Crippen molar-refractivity contribution in [1.29, 1.82) is 0 Å². The molecule has 0 radical (unpaired) electrons. The SMILES string of the molecule is CCO[C@@H](CC1CCCCC1)C(C)O. The van der Waals surface area contributed by atoms with Crippen molar-refractivity contribution in [2.24, 2.45) is 5.92 Å². The highest BCUT2D eigenvalue weighted by Gasteiger charge is 2.22. The quantitative estimate of drug-likeness (QED) is 0.739. The third-order valence-electron chi connectivity index (χ3n) is 3.21. The summed E-state index contributed by atoms with van der Waals surface area (Å²) in [5.41, 5.74) is 0. The minimum absolute atomic E-state index is 0.0584. The van der Waals surface area contributed by atoms with Gasteiger partial charge in [-0.15, -0.1) is 0 Å². The molecule has 2 nitrogen and oxygen atoms in total. The van der Waals surface area contributed by atoms with E-state index in [4.69, 9.17) is 4.74 Å². The summed E-state index contributed by atoms with van der Waals surface area (Å²) in [4.78, 5) is 0. The first-order valence-corrected chi connectivity index (χ1v) is 6.03. The van der Waals surface area contributed by atoms with Crippen LogP contribution in [-0.2, 0) is 4.74 Å². The average Bonchev–Trinajstić information content (AvgIpc) is 2.18. The molecule has 84 valence electrons. The molecular weight excluding hydrogens is 176 g/mol. The van der Waals surface area contributed by atoms with Crippen LogP contribution in [0.4, 0.5) is 0 Å². The van der Waals surface area contributed by atoms with Crippen molar-refractivity contribution in [3.63, 3.8) is 0 Å². The summed E-state index contributed by atoms with van der Waals surface area (Å²) >= 11 is 0. The molecule has 0 spiro atoms. The van der Waals surface area contributed by atoms with Crippen molar-refractivity contribution in [3.05, 3.63) is 0 Å². The Morgan fingerprint density at radius 2 is 1.93 bits per heavy atom. The third-order valence-corrected chi connectivity index (χ3v) is 3.21. The molecule has 0 bridgehead atoms. The molecule has 1 fully saturated rings. The molecule has 0 aromatic heterocycles. The summed E-state index contributed by atoms with van der Waals surface area (Å²) in [6.45, 7) is 4.54. The molecule has 14 heavy (non-hydrogen) atoms. The molecule has 0 aliphatic heterocycles. The molecule has 0 aromatic carbocycles. The van der Waals surface area contributed by atoms with Gasteiger partial charge in [-0.2, -0.15) is 0 Å². The van der Waals surface area contributed by atoms with Crippen LogP contribution in [0.3, 0.4) is 0 Å². The smallest absolute Gasteiger partial charge is 0.0833 e. The molecule has 0 heterocycles. The van der Waals surface area contributed by atoms with Crippen LogP contribution in [-0.4, -0.2) is 23.9 Å². The number of ether oxygens (including phenoxy) is 1. The first-order valence-electron chi connectivity index (χ1n) is 6.03. The fraction of sp³-hybridized carbons (Fsp3) is 1.00. The Morgan fingerprint density at radius 3 is 2.43 bits per heavy atom. The maximum Gasteiger partial charge on any atom is 0.0833 e. The van der Waals surface area contributed by atoms with E-state index in [-0.39, 0.29) is 12.2 Å². The highest BCUT2D eigenvalue weighted by molar-refractivity contribution is 4.73. The molecule has 1 saturated carbocycles. The molecule has 0 saturated heterocycles. The molecule has 2 atom stereocenters. The maximum atomic E-state index is 9.55. The first-order chi connectivity index (χ1) is 6.74. The van der Waals surface area contributed by atoms with Gasteiger partial charge in [0, 0.05) is 6.61 Å². The summed E-state index contributed by atoms with van der Waals surface area (Å²) in [6, 6.07) is 0. The maximum absolute atomic E-state index is 9.55. The van der Waals surface area contributed by atoms with Crippen LogP contribution < -0.4 is 0 Å². The lowest BCUT2D eigenvalue weighted by molar-refractivity contribution is -0.0389. The number of rotatable bonds is 5. The fourth-order valence-electron chi connectivity index (χ4n) is 2.37. The van der Waals surface area contributed by atoms with Crippen LogP contribution in [0.2, 0.25) is 0 Å². The molecule has 0 amide bonds. The summed E-state index contributed by atoms with van der Waals surface area (Å²) in [5.74, 6) is 0.787. The molecule has 1 unspecified atom stereocenters. The van der Waals surface area contributed by atoms with Gasteiger partial charge in [-0.3, -0.25) is 0 Å². The zero-order valence-corrected chi connectivity index (χ0v) is 9.54. The van der Waals surface area contributed by atoms with E-state index in [2.05, 4.69) is 0 Å². The second-order valence-corrected chi connectivity index (χ2v) is 4.47. The molecule has 1 aliphatic carbocycles. The Kier molecular flexibility index (Phi) is 5.49. The second kappa shape index (κ2) is 6.41. The van der Waals surface area contributed by atoms with Gasteiger partial charge in [-0.1, -0.05) is 32.1 Å². The summed E-state index contributed by atoms with van der Waals surface area (Å²) in [6.07, 6.45) is 7.56. The van der Waals surface area contributed by atoms with Crippen LogP contribution in [0.25, 0.3) is 0 Å². The van der Waals surface area contributed by atoms with Gasteiger partial charge in [0.05, 0.1) is 12.2 Å². The Morgan fingerprint density at radius 1 is 1.29 bits per heavy atom. The predicted molar refractivity (Wildman–Crippen MR) is 58.3 cm³/mol. The standard InChI is InChI=1S/C12H24O2/c1-3-14-12(10(2)13)9-11-7-5-4-6-8-11/h10-13H,3-9H2,1-2H3/t10?,12-/m0/s1. The van der Waals surface area contributed by atoms with Gasteiger partial charge in [0.2, 0.25) is 0 Å². The van der Waals surface area contributed by atoms with Gasteiger partial charge in [-0.25, -0.2) is 0 Å². The van der Waals surface area contributed by atoms with Crippen LogP contribution in [0, 0.1) is 5.92 Å². The molecule has 2 heteroatoms. The lowest BCUT2D eigenvalue weighted by Gasteiger charge is -2.27. The zero-order chi connectivity index (χ0) is 10.4. The Labute approximate surface area is 87.7 Å². The Hall–Kier alpha value is -0.0800. The van der Waals surface area contributed by atoms with Gasteiger partial charge in [0.1, 0.15) is 0 Å². The van der Waals surface area contributed by atoms with Gasteiger partial charge < -0.3 is 9.84 Å². The van der Waals surface area contributed by atoms with Crippen molar-refractivity contribution in [1.82, 2.24) is 0 Å². The second-order valence-electron chi connectivity index (χ2n) is 4.47. The Bertz CT molecular complexity index is 139. The fourth-order valence-corrected chi connectivity index (χ4v) is 2.37. The van der Waals surface area contributed by atoms with Gasteiger partial charge in [-0.05, 0) is 26.2 Å². The van der Waals surface area contributed by atoms with E-state index in [0.717, 1.165) is 12.3 Å². The van der Waals surface area contributed by atoms with Crippen LogP contribution in [0.15, 0.2) is 0 Å². The largest absolute Gasteiger partial charge is 0.391 e. The molecule has 1 rings (SSSR count). The molecule has 0 aromatic rings. The van der Waals surface area contributed by atoms with Crippen molar-refractivity contribution >= 4 is 0 Å². The van der Waals surface area contributed by atoms with E-state index < -0.39 is 0 Å². The highest BCUT2D eigenvalue weighted by Crippen LogP contribution is 2.28. The van der Waals surface area contributed by atoms with E-state index >= 15 is 0 Å². The van der Waals surface area contributed by atoms with Crippen LogP contribution >= 0.6 is 0 Å². The molecular formula is C12H24O2. The summed E-state index contributed by atoms with van der Waals surface area (Å²) < 4.78 is 5.56. The van der Waals surface area contributed by atoms with Gasteiger partial charge in [0.15, 0.2) is 0 Å². The van der Waals surface area contributed by atoms with Crippen molar-refractivity contribution in [2.75, 3.05) is 6.61 Å². The predicted octanol–water partition coefficient (Wildman–Crippen LogP) is 2.74. The van der Waals surface area contributed by atoms with E-state index in [9.17, 15) is 5.11 Å². The first kappa shape index (κ1) is 12.0. The lowest BCUT2D eigenvalue weighted by Crippen LogP contribution is -2.29. The monoisotopic (exact) mass is 200 g/mol. The van der Waals surface area contributed by atoms with Crippen molar-refractivity contribution in [3.8, 4) is 0 Å². The minimum Gasteiger partial charge on any atom is -0.391 e. The number of aliphatic hydroxyl groups excluding tert-OH is 1. The minimum atomic E-state index is -0.322. The van der Waals surface area contributed by atoms with Crippen LogP contribution in [0.5, 0.6) is 0 Å². The van der Waals surface area contributed by atoms with E-state index in [1.165, 1.54) is 32.1 Å². The summed E-state index contributed by atoms with van der Waals surface area (Å²) in [7, 11) is 0. The van der Waals surface area contributed by atoms with Gasteiger partial charge in [0.25, 0.3) is 0 Å². The average molecular weight is 200 g/mol. The van der Waals surface area contributed by atoms with E-state index in [0.29, 0.717) is 6.61 Å². The number of aliphatic hydroxyl groups is 1. The van der Waals surface area contributed by atoms with E-state index in [1.807, 2.05) is 13.8 Å². The molecule has 1 aliphatic rings. The van der Waals surface area contributed by atoms with Crippen molar-refractivity contribution in [2.45, 2.75) is 64.6 Å². The molecule has 1 N–H and O–H groups in total. The van der Waals surface area contributed by atoms with Gasteiger partial charge >= 0.3 is 0 Å². The van der Waals surface area contributed by atoms with Crippen LogP contribution in [0.1, 0.15) is 52.4 Å². The van der Waals surface area contributed by atoms with E-state index in [1.54, 1.807) is 0 Å². The summed E-state index contributed by atoms with van der Waals surface area (Å²) in [5, 5.41) is 9.55. The highest BCUT2D eigenvalue weighted by atomic mass is 16.5. The third kappa shape index (κ3) is 3.97. The van der Waals surface area contributed by atoms with Crippen molar-refractivity contribution < 1.29 is 9.84 Å². The zero-order valence-electron chi connectivity index (χ0n) is 9.54. The number of hydrogen-bond donors (Lipinski definition) is 1.